The Kier molecular flexibility index (Phi) is 2.77. The largest absolute Gasteiger partial charge is 0.326 e. The minimum atomic E-state index is -0.165. The molecule has 6 heteroatoms. The molecule has 2 rings (SSSR count). The lowest BCUT2D eigenvalue weighted by molar-refractivity contribution is 0.198. The molecule has 0 radical (unpaired) electrons. The van der Waals surface area contributed by atoms with Gasteiger partial charge in [-0.25, -0.2) is 4.79 Å². The highest BCUT2D eigenvalue weighted by Gasteiger charge is 2.41. The summed E-state index contributed by atoms with van der Waals surface area (Å²) in [6, 6.07) is 3.64. The molecule has 0 N–H and O–H groups in total. The van der Waals surface area contributed by atoms with Crippen LogP contribution in [0.4, 0.5) is 10.6 Å². The van der Waals surface area contributed by atoms with E-state index >= 15 is 0 Å². The molecular weight excluding hydrogens is 319 g/mol. The van der Waals surface area contributed by atoms with Crippen LogP contribution in [-0.4, -0.2) is 40.3 Å². The van der Waals surface area contributed by atoms with E-state index in [0.717, 1.165) is 3.70 Å². The van der Waals surface area contributed by atoms with Crippen LogP contribution in [0.15, 0.2) is 12.1 Å². The van der Waals surface area contributed by atoms with Gasteiger partial charge in [0.1, 0.15) is 3.70 Å². The van der Waals surface area contributed by atoms with Crippen molar-refractivity contribution in [1.29, 1.82) is 0 Å². The molecule has 0 atom stereocenters. The van der Waals surface area contributed by atoms with Crippen LogP contribution >= 0.6 is 22.6 Å². The molecule has 1 fully saturated rings. The van der Waals surface area contributed by atoms with Gasteiger partial charge in [-0.3, -0.25) is 4.90 Å². The summed E-state index contributed by atoms with van der Waals surface area (Å²) in [6.45, 7) is 4.70. The van der Waals surface area contributed by atoms with Gasteiger partial charge in [-0.15, -0.1) is 10.2 Å². The van der Waals surface area contributed by atoms with Crippen molar-refractivity contribution in [2.75, 3.05) is 18.5 Å². The molecule has 1 aromatic rings. The summed E-state index contributed by atoms with van der Waals surface area (Å²) in [5.41, 5.74) is -0.165. The Hall–Kier alpha value is -0.920. The number of halogens is 1. The summed E-state index contributed by atoms with van der Waals surface area (Å²) < 4.78 is 0.820. The van der Waals surface area contributed by atoms with Crippen LogP contribution in [0.5, 0.6) is 0 Å². The van der Waals surface area contributed by atoms with Crippen molar-refractivity contribution in [1.82, 2.24) is 15.1 Å². The second-order valence-corrected chi connectivity index (χ2v) is 5.56. The summed E-state index contributed by atoms with van der Waals surface area (Å²) in [4.78, 5) is 15.4. The predicted octanol–water partition coefficient (Wildman–Crippen LogP) is 1.73. The Morgan fingerprint density at radius 2 is 2.06 bits per heavy atom. The number of carbonyl (C=O) groups excluding carboxylic acids is 1. The number of rotatable bonds is 1. The molecule has 0 aliphatic carbocycles. The molecule has 1 aromatic heterocycles. The summed E-state index contributed by atoms with van der Waals surface area (Å²) in [7, 11) is 1.81. The third-order valence-electron chi connectivity index (χ3n) is 2.87. The van der Waals surface area contributed by atoms with Crippen molar-refractivity contribution in [3.8, 4) is 0 Å². The van der Waals surface area contributed by atoms with Gasteiger partial charge in [-0.05, 0) is 48.6 Å². The van der Waals surface area contributed by atoms with Crippen molar-refractivity contribution >= 4 is 34.4 Å². The summed E-state index contributed by atoms with van der Waals surface area (Å²) >= 11 is 2.09. The zero-order valence-corrected chi connectivity index (χ0v) is 11.6. The SMILES string of the molecule is CN1C(=O)N(c2ccc(I)nn2)CC1(C)C. The Bertz CT molecular complexity index is 417. The number of hydrogen-bond acceptors (Lipinski definition) is 3. The molecular formula is C10H13IN4O. The van der Waals surface area contributed by atoms with Gasteiger partial charge in [0.15, 0.2) is 5.82 Å². The van der Waals surface area contributed by atoms with Crippen molar-refractivity contribution in [3.63, 3.8) is 0 Å². The smallest absolute Gasteiger partial charge is 0.320 e. The van der Waals surface area contributed by atoms with Gasteiger partial charge in [0.2, 0.25) is 0 Å². The average Bonchev–Trinajstić information content (AvgIpc) is 2.44. The van der Waals surface area contributed by atoms with E-state index in [4.69, 9.17) is 0 Å². The minimum Gasteiger partial charge on any atom is -0.320 e. The Morgan fingerprint density at radius 1 is 1.38 bits per heavy atom. The first-order chi connectivity index (χ1) is 7.42. The van der Waals surface area contributed by atoms with Gasteiger partial charge < -0.3 is 4.90 Å². The first kappa shape index (κ1) is 11.6. The van der Waals surface area contributed by atoms with Crippen LogP contribution in [0.3, 0.4) is 0 Å². The number of likely N-dealkylation sites (N-methyl/N-ethyl adjacent to an activating group) is 1. The first-order valence-corrected chi connectivity index (χ1v) is 6.04. The summed E-state index contributed by atoms with van der Waals surface area (Å²) in [6.07, 6.45) is 0. The maximum absolute atomic E-state index is 12.0. The van der Waals surface area contributed by atoms with E-state index in [1.807, 2.05) is 33.0 Å². The maximum atomic E-state index is 12.0. The van der Waals surface area contributed by atoms with Crippen LogP contribution in [0.2, 0.25) is 0 Å². The third kappa shape index (κ3) is 1.85. The zero-order chi connectivity index (χ0) is 11.9. The van der Waals surface area contributed by atoms with Gasteiger partial charge in [0.25, 0.3) is 0 Å². The molecule has 5 nitrogen and oxygen atoms in total. The number of anilines is 1. The molecule has 0 spiro atoms. The predicted molar refractivity (Wildman–Crippen MR) is 69.3 cm³/mol. The van der Waals surface area contributed by atoms with Crippen LogP contribution in [0.25, 0.3) is 0 Å². The van der Waals surface area contributed by atoms with Crippen LogP contribution in [0, 0.1) is 3.70 Å². The van der Waals surface area contributed by atoms with E-state index in [1.54, 1.807) is 9.80 Å². The van der Waals surface area contributed by atoms with Crippen molar-refractivity contribution in [2.24, 2.45) is 0 Å². The fourth-order valence-electron chi connectivity index (χ4n) is 1.63. The quantitative estimate of drug-likeness (QED) is 0.736. The van der Waals surface area contributed by atoms with Crippen LogP contribution in [-0.2, 0) is 0 Å². The van der Waals surface area contributed by atoms with Crippen molar-refractivity contribution in [2.45, 2.75) is 19.4 Å². The molecule has 1 aliphatic rings. The van der Waals surface area contributed by atoms with Crippen LogP contribution < -0.4 is 4.90 Å². The van der Waals surface area contributed by atoms with E-state index in [1.165, 1.54) is 0 Å². The van der Waals surface area contributed by atoms with Gasteiger partial charge in [-0.1, -0.05) is 0 Å². The highest BCUT2D eigenvalue weighted by atomic mass is 127. The van der Waals surface area contributed by atoms with Gasteiger partial charge >= 0.3 is 6.03 Å². The summed E-state index contributed by atoms with van der Waals surface area (Å²) in [5.74, 6) is 0.614. The number of carbonyl (C=O) groups is 1. The monoisotopic (exact) mass is 332 g/mol. The molecule has 86 valence electrons. The molecule has 0 bridgehead atoms. The Balaban J connectivity index is 2.30. The molecule has 1 aliphatic heterocycles. The molecule has 2 amide bonds. The zero-order valence-electron chi connectivity index (χ0n) is 9.44. The molecule has 0 aromatic carbocycles. The third-order valence-corrected chi connectivity index (χ3v) is 3.44. The number of nitrogens with zero attached hydrogens (tertiary/aromatic N) is 4. The second kappa shape index (κ2) is 3.83. The van der Waals surface area contributed by atoms with E-state index in [9.17, 15) is 4.79 Å². The number of aromatic nitrogens is 2. The lowest BCUT2D eigenvalue weighted by atomic mass is 10.1. The lowest BCUT2D eigenvalue weighted by Gasteiger charge is -2.24. The first-order valence-electron chi connectivity index (χ1n) is 4.96. The number of hydrogen-bond donors (Lipinski definition) is 0. The van der Waals surface area contributed by atoms with E-state index in [-0.39, 0.29) is 11.6 Å². The normalized spacial score (nSPS) is 19.4. The Morgan fingerprint density at radius 3 is 2.50 bits per heavy atom. The molecule has 0 saturated carbocycles. The van der Waals surface area contributed by atoms with Gasteiger partial charge in [0.05, 0.1) is 12.1 Å². The fourth-order valence-corrected chi connectivity index (χ4v) is 1.92. The van der Waals surface area contributed by atoms with E-state index in [2.05, 4.69) is 32.8 Å². The maximum Gasteiger partial charge on any atom is 0.326 e. The highest BCUT2D eigenvalue weighted by molar-refractivity contribution is 14.1. The van der Waals surface area contributed by atoms with Gasteiger partial charge in [-0.2, -0.15) is 0 Å². The number of amides is 2. The highest BCUT2D eigenvalue weighted by Crippen LogP contribution is 2.27. The topological polar surface area (TPSA) is 49.3 Å². The van der Waals surface area contributed by atoms with E-state index < -0.39 is 0 Å². The second-order valence-electron chi connectivity index (χ2n) is 4.45. The summed E-state index contributed by atoms with van der Waals surface area (Å²) in [5, 5.41) is 7.99. The minimum absolute atomic E-state index is 0.0273. The number of urea groups is 1. The van der Waals surface area contributed by atoms with Crippen molar-refractivity contribution < 1.29 is 4.79 Å². The van der Waals surface area contributed by atoms with E-state index in [0.29, 0.717) is 12.4 Å². The molecule has 2 heterocycles. The standard InChI is InChI=1S/C10H13IN4O/c1-10(2)6-15(9(16)14(10)3)8-5-4-7(11)12-13-8/h4-5H,6H2,1-3H3. The lowest BCUT2D eigenvalue weighted by Crippen LogP contribution is -2.38. The van der Waals surface area contributed by atoms with Crippen molar-refractivity contribution in [3.05, 3.63) is 15.8 Å². The fraction of sp³-hybridized carbons (Fsp3) is 0.500. The molecule has 1 saturated heterocycles. The van der Waals surface area contributed by atoms with Crippen LogP contribution in [0.1, 0.15) is 13.8 Å². The van der Waals surface area contributed by atoms with Gasteiger partial charge in [0, 0.05) is 7.05 Å². The molecule has 16 heavy (non-hydrogen) atoms. The average molecular weight is 332 g/mol. The Labute approximate surface area is 108 Å². The molecule has 0 unspecified atom stereocenters.